The summed E-state index contributed by atoms with van der Waals surface area (Å²) in [5.41, 5.74) is 0. The number of nitrogens with one attached hydrogen (secondary N) is 1. The van der Waals surface area contributed by atoms with Crippen LogP contribution in [0.25, 0.3) is 0 Å². The molecule has 0 heterocycles. The van der Waals surface area contributed by atoms with Crippen molar-refractivity contribution < 1.29 is 14.6 Å². The van der Waals surface area contributed by atoms with Crippen molar-refractivity contribution in [2.45, 2.75) is 32.8 Å². The molecule has 0 rings (SSSR count). The Morgan fingerprint density at radius 2 is 2.31 bits per heavy atom. The predicted octanol–water partition coefficient (Wildman–Crippen LogP) is 0.300. The van der Waals surface area contributed by atoms with Crippen molar-refractivity contribution in [3.63, 3.8) is 0 Å². The van der Waals surface area contributed by atoms with Crippen LogP contribution in [0.5, 0.6) is 0 Å². The van der Waals surface area contributed by atoms with Crippen molar-refractivity contribution >= 4 is 5.91 Å². The van der Waals surface area contributed by atoms with Crippen LogP contribution in [-0.4, -0.2) is 36.9 Å². The van der Waals surface area contributed by atoms with Crippen LogP contribution in [0.3, 0.4) is 0 Å². The van der Waals surface area contributed by atoms with Crippen LogP contribution in [-0.2, 0) is 9.53 Å². The molecule has 0 fully saturated rings. The molecule has 0 radical (unpaired) electrons. The van der Waals surface area contributed by atoms with E-state index >= 15 is 0 Å². The number of rotatable bonds is 7. The Bertz CT molecular complexity index is 137. The lowest BCUT2D eigenvalue weighted by molar-refractivity contribution is -0.125. The number of ether oxygens (including phenoxy) is 1. The van der Waals surface area contributed by atoms with Gasteiger partial charge in [-0.15, -0.1) is 0 Å². The number of aliphatic hydroxyl groups is 1. The summed E-state index contributed by atoms with van der Waals surface area (Å²) in [6.45, 7) is 4.88. The van der Waals surface area contributed by atoms with Crippen LogP contribution in [0.2, 0.25) is 0 Å². The summed E-state index contributed by atoms with van der Waals surface area (Å²) < 4.78 is 4.91. The molecule has 0 saturated carbocycles. The maximum Gasteiger partial charge on any atom is 0.245 e. The van der Waals surface area contributed by atoms with E-state index < -0.39 is 0 Å². The minimum Gasteiger partial charge on any atom is -0.393 e. The van der Waals surface area contributed by atoms with Gasteiger partial charge in [0, 0.05) is 13.2 Å². The van der Waals surface area contributed by atoms with E-state index in [1.807, 2.05) is 6.92 Å². The molecule has 0 saturated heterocycles. The average molecular weight is 189 g/mol. The molecule has 0 aromatic heterocycles. The summed E-state index contributed by atoms with van der Waals surface area (Å²) in [4.78, 5) is 10.9. The fraction of sp³-hybridized carbons (Fsp3) is 0.889. The van der Waals surface area contributed by atoms with Crippen LogP contribution >= 0.6 is 0 Å². The van der Waals surface area contributed by atoms with Crippen LogP contribution in [0.1, 0.15) is 26.7 Å². The van der Waals surface area contributed by atoms with Gasteiger partial charge in [0.15, 0.2) is 0 Å². The van der Waals surface area contributed by atoms with Gasteiger partial charge in [-0.05, 0) is 26.7 Å². The number of amides is 1. The third-order valence-corrected chi connectivity index (χ3v) is 1.56. The summed E-state index contributed by atoms with van der Waals surface area (Å²) in [6, 6.07) is 0. The summed E-state index contributed by atoms with van der Waals surface area (Å²) in [5.74, 6) is -0.0903. The standard InChI is InChI=1S/C9H19NO3/c1-3-13-7-9(12)10-6-4-5-8(2)11/h8,11H,3-7H2,1-2H3,(H,10,12). The molecule has 4 nitrogen and oxygen atoms in total. The van der Waals surface area contributed by atoms with Gasteiger partial charge < -0.3 is 15.2 Å². The van der Waals surface area contributed by atoms with Crippen molar-refractivity contribution in [1.29, 1.82) is 0 Å². The van der Waals surface area contributed by atoms with Gasteiger partial charge >= 0.3 is 0 Å². The Balaban J connectivity index is 3.17. The highest BCUT2D eigenvalue weighted by Crippen LogP contribution is 1.93. The van der Waals surface area contributed by atoms with E-state index in [0.29, 0.717) is 13.2 Å². The molecule has 1 atom stereocenters. The zero-order valence-corrected chi connectivity index (χ0v) is 8.38. The third kappa shape index (κ3) is 9.30. The second-order valence-electron chi connectivity index (χ2n) is 2.98. The molecule has 0 aliphatic carbocycles. The molecular weight excluding hydrogens is 170 g/mol. The molecule has 2 N–H and O–H groups in total. The molecule has 78 valence electrons. The molecule has 13 heavy (non-hydrogen) atoms. The molecule has 4 heteroatoms. The van der Waals surface area contributed by atoms with E-state index in [1.54, 1.807) is 6.92 Å². The number of carbonyl (C=O) groups is 1. The Morgan fingerprint density at radius 1 is 1.62 bits per heavy atom. The highest BCUT2D eigenvalue weighted by molar-refractivity contribution is 5.77. The molecule has 0 aromatic carbocycles. The lowest BCUT2D eigenvalue weighted by Gasteiger charge is -2.06. The normalized spacial score (nSPS) is 12.5. The minimum absolute atomic E-state index is 0.0903. The average Bonchev–Trinajstić information content (AvgIpc) is 2.08. The Kier molecular flexibility index (Phi) is 7.63. The fourth-order valence-electron chi connectivity index (χ4n) is 0.871. The lowest BCUT2D eigenvalue weighted by atomic mass is 10.2. The van der Waals surface area contributed by atoms with Crippen LogP contribution in [0.15, 0.2) is 0 Å². The zero-order chi connectivity index (χ0) is 10.1. The number of aliphatic hydroxyl groups excluding tert-OH is 1. The van der Waals surface area contributed by atoms with Gasteiger partial charge in [-0.2, -0.15) is 0 Å². The molecular formula is C9H19NO3. The van der Waals surface area contributed by atoms with E-state index in [0.717, 1.165) is 12.8 Å². The third-order valence-electron chi connectivity index (χ3n) is 1.56. The van der Waals surface area contributed by atoms with Gasteiger partial charge in [0.2, 0.25) is 5.91 Å². The van der Waals surface area contributed by atoms with E-state index in [9.17, 15) is 4.79 Å². The van der Waals surface area contributed by atoms with Gasteiger partial charge in [-0.25, -0.2) is 0 Å². The first kappa shape index (κ1) is 12.4. The largest absolute Gasteiger partial charge is 0.393 e. The number of carbonyl (C=O) groups excluding carboxylic acids is 1. The SMILES string of the molecule is CCOCC(=O)NCCCC(C)O. The second-order valence-corrected chi connectivity index (χ2v) is 2.98. The second kappa shape index (κ2) is 8.01. The summed E-state index contributed by atoms with van der Waals surface area (Å²) in [7, 11) is 0. The Morgan fingerprint density at radius 3 is 2.85 bits per heavy atom. The molecule has 0 aliphatic rings. The summed E-state index contributed by atoms with van der Waals surface area (Å²) >= 11 is 0. The molecule has 0 spiro atoms. The summed E-state index contributed by atoms with van der Waals surface area (Å²) in [5, 5.41) is 11.6. The van der Waals surface area contributed by atoms with Crippen molar-refractivity contribution in [2.75, 3.05) is 19.8 Å². The van der Waals surface area contributed by atoms with Gasteiger partial charge in [0.25, 0.3) is 0 Å². The van der Waals surface area contributed by atoms with E-state index in [2.05, 4.69) is 5.32 Å². The van der Waals surface area contributed by atoms with Crippen molar-refractivity contribution in [3.05, 3.63) is 0 Å². The molecule has 0 bridgehead atoms. The van der Waals surface area contributed by atoms with Crippen LogP contribution in [0, 0.1) is 0 Å². The highest BCUT2D eigenvalue weighted by Gasteiger charge is 2.00. The van der Waals surface area contributed by atoms with Crippen LogP contribution < -0.4 is 5.32 Å². The van der Waals surface area contributed by atoms with Gasteiger partial charge in [0.05, 0.1) is 6.10 Å². The highest BCUT2D eigenvalue weighted by atomic mass is 16.5. The van der Waals surface area contributed by atoms with E-state index in [4.69, 9.17) is 9.84 Å². The first-order valence-electron chi connectivity index (χ1n) is 4.69. The zero-order valence-electron chi connectivity index (χ0n) is 8.38. The lowest BCUT2D eigenvalue weighted by Crippen LogP contribution is -2.28. The Labute approximate surface area is 79.3 Å². The maximum atomic E-state index is 10.9. The van der Waals surface area contributed by atoms with Crippen molar-refractivity contribution in [3.8, 4) is 0 Å². The quantitative estimate of drug-likeness (QED) is 0.566. The monoisotopic (exact) mass is 189 g/mol. The topological polar surface area (TPSA) is 58.6 Å². The Hall–Kier alpha value is -0.610. The first-order valence-corrected chi connectivity index (χ1v) is 4.69. The van der Waals surface area contributed by atoms with Gasteiger partial charge in [0.1, 0.15) is 6.61 Å². The van der Waals surface area contributed by atoms with Gasteiger partial charge in [-0.1, -0.05) is 0 Å². The van der Waals surface area contributed by atoms with E-state index in [1.165, 1.54) is 0 Å². The minimum atomic E-state index is -0.288. The molecule has 0 aliphatic heterocycles. The smallest absolute Gasteiger partial charge is 0.245 e. The molecule has 1 unspecified atom stereocenters. The summed E-state index contributed by atoms with van der Waals surface area (Å²) in [6.07, 6.45) is 1.23. The van der Waals surface area contributed by atoms with Crippen molar-refractivity contribution in [1.82, 2.24) is 5.32 Å². The number of hydrogen-bond donors (Lipinski definition) is 2. The van der Waals surface area contributed by atoms with Gasteiger partial charge in [-0.3, -0.25) is 4.79 Å². The fourth-order valence-corrected chi connectivity index (χ4v) is 0.871. The number of hydrogen-bond acceptors (Lipinski definition) is 3. The first-order chi connectivity index (χ1) is 6.16. The molecule has 0 aromatic rings. The van der Waals surface area contributed by atoms with Crippen molar-refractivity contribution in [2.24, 2.45) is 0 Å². The van der Waals surface area contributed by atoms with Crippen LogP contribution in [0.4, 0.5) is 0 Å². The van der Waals surface area contributed by atoms with E-state index in [-0.39, 0.29) is 18.6 Å². The predicted molar refractivity (Wildman–Crippen MR) is 50.4 cm³/mol. The maximum absolute atomic E-state index is 10.9. The molecule has 1 amide bonds.